The average molecular weight is 304 g/mol. The number of aryl methyl sites for hydroxylation is 1. The highest BCUT2D eigenvalue weighted by atomic mass is 32.2. The zero-order chi connectivity index (χ0) is 15.0. The van der Waals surface area contributed by atoms with Crippen molar-refractivity contribution in [3.05, 3.63) is 42.6 Å². The van der Waals surface area contributed by atoms with Gasteiger partial charge in [-0.3, -0.25) is 9.25 Å². The molecule has 1 aromatic carbocycles. The number of hydrogen-bond donors (Lipinski definition) is 1. The van der Waals surface area contributed by atoms with E-state index in [9.17, 15) is 8.42 Å². The number of sulfonamides is 1. The van der Waals surface area contributed by atoms with Crippen LogP contribution in [0.3, 0.4) is 0 Å². The van der Waals surface area contributed by atoms with Crippen LogP contribution in [0.5, 0.6) is 0 Å². The normalized spacial score (nSPS) is 11.7. The summed E-state index contributed by atoms with van der Waals surface area (Å²) in [6.07, 6.45) is 1.73. The fraction of sp³-hybridized carbons (Fsp3) is 0.0833. The Morgan fingerprint density at radius 3 is 2.38 bits per heavy atom. The largest absolute Gasteiger partial charge is 0.275 e. The summed E-state index contributed by atoms with van der Waals surface area (Å²) in [5.74, 6) is 0.311. The Morgan fingerprint density at radius 1 is 1.10 bits per heavy atom. The van der Waals surface area contributed by atoms with Crippen LogP contribution in [0, 0.1) is 0 Å². The van der Waals surface area contributed by atoms with Crippen LogP contribution in [0.15, 0.2) is 47.8 Å². The van der Waals surface area contributed by atoms with Crippen molar-refractivity contribution in [2.24, 2.45) is 12.2 Å². The van der Waals surface area contributed by atoms with Crippen LogP contribution in [0.25, 0.3) is 17.2 Å². The summed E-state index contributed by atoms with van der Waals surface area (Å²) >= 11 is 0. The lowest BCUT2D eigenvalue weighted by atomic mass is 10.3. The van der Waals surface area contributed by atoms with E-state index in [0.717, 1.165) is 0 Å². The Kier molecular flexibility index (Phi) is 3.07. The van der Waals surface area contributed by atoms with Crippen LogP contribution in [0.2, 0.25) is 0 Å². The average Bonchev–Trinajstić information content (AvgIpc) is 3.04. The molecule has 0 aliphatic carbocycles. The molecule has 0 unspecified atom stereocenters. The quantitative estimate of drug-likeness (QED) is 0.749. The molecule has 0 fully saturated rings. The molecule has 21 heavy (non-hydrogen) atoms. The molecule has 0 atom stereocenters. The lowest BCUT2D eigenvalue weighted by Gasteiger charge is -2.07. The van der Waals surface area contributed by atoms with Crippen molar-refractivity contribution in [1.82, 2.24) is 24.5 Å². The molecule has 3 aromatic rings. The van der Waals surface area contributed by atoms with Crippen molar-refractivity contribution in [2.75, 3.05) is 0 Å². The van der Waals surface area contributed by atoms with E-state index in [1.54, 1.807) is 48.3 Å². The Morgan fingerprint density at radius 2 is 1.81 bits per heavy atom. The summed E-state index contributed by atoms with van der Waals surface area (Å²) in [5.41, 5.74) is 1.09. The van der Waals surface area contributed by atoms with E-state index in [1.165, 1.54) is 4.57 Å². The van der Waals surface area contributed by atoms with Gasteiger partial charge < -0.3 is 0 Å². The van der Waals surface area contributed by atoms with Gasteiger partial charge in [-0.2, -0.15) is 5.10 Å². The Hall–Kier alpha value is -2.52. The molecule has 0 aliphatic heterocycles. The summed E-state index contributed by atoms with van der Waals surface area (Å²) in [6, 6.07) is 10.6. The summed E-state index contributed by atoms with van der Waals surface area (Å²) in [7, 11) is -2.25. The van der Waals surface area contributed by atoms with Gasteiger partial charge in [0.2, 0.25) is 0 Å². The van der Waals surface area contributed by atoms with Crippen LogP contribution in [-0.2, 0) is 17.1 Å². The highest BCUT2D eigenvalue weighted by molar-refractivity contribution is 7.89. The second-order valence-electron chi connectivity index (χ2n) is 4.40. The molecule has 0 amide bonds. The monoisotopic (exact) mass is 304 g/mol. The second kappa shape index (κ2) is 4.79. The van der Waals surface area contributed by atoms with E-state index in [-0.39, 0.29) is 5.16 Å². The maximum absolute atomic E-state index is 11.7. The van der Waals surface area contributed by atoms with Crippen molar-refractivity contribution in [3.63, 3.8) is 0 Å². The number of para-hydroxylation sites is 1. The number of rotatable bonds is 3. The second-order valence-corrected chi connectivity index (χ2v) is 5.85. The van der Waals surface area contributed by atoms with Gasteiger partial charge in [-0.05, 0) is 18.2 Å². The minimum Gasteiger partial charge on any atom is -0.275 e. The molecule has 0 saturated heterocycles. The molecule has 9 heteroatoms. The molecule has 0 radical (unpaired) electrons. The molecule has 2 aromatic heterocycles. The van der Waals surface area contributed by atoms with Crippen LogP contribution < -0.4 is 5.14 Å². The highest BCUT2D eigenvalue weighted by Gasteiger charge is 2.24. The van der Waals surface area contributed by atoms with Crippen molar-refractivity contribution >= 4 is 10.0 Å². The summed E-state index contributed by atoms with van der Waals surface area (Å²) in [5, 5.41) is 16.7. The first-order valence-corrected chi connectivity index (χ1v) is 7.55. The number of aromatic nitrogens is 5. The first kappa shape index (κ1) is 13.5. The van der Waals surface area contributed by atoms with Crippen molar-refractivity contribution in [1.29, 1.82) is 0 Å². The first-order chi connectivity index (χ1) is 9.97. The topological polar surface area (TPSA) is 109 Å². The summed E-state index contributed by atoms with van der Waals surface area (Å²) in [4.78, 5) is 0. The smallest absolute Gasteiger partial charge is 0.274 e. The van der Waals surface area contributed by atoms with Gasteiger partial charge in [-0.25, -0.2) is 13.6 Å². The van der Waals surface area contributed by atoms with Gasteiger partial charge in [0, 0.05) is 13.2 Å². The van der Waals surface area contributed by atoms with Gasteiger partial charge in [-0.1, -0.05) is 18.2 Å². The number of primary sulfonamides is 1. The fourth-order valence-corrected chi connectivity index (χ4v) is 2.57. The zero-order valence-electron chi connectivity index (χ0n) is 11.1. The highest BCUT2D eigenvalue weighted by Crippen LogP contribution is 2.22. The SMILES string of the molecule is Cn1ccc(-c2nnc(S(N)(=O)=O)n2-c2ccccc2)n1. The third-order valence-electron chi connectivity index (χ3n) is 2.84. The molecule has 0 saturated carbocycles. The van der Waals surface area contributed by atoms with Gasteiger partial charge in [0.05, 0.1) is 5.69 Å². The van der Waals surface area contributed by atoms with E-state index in [2.05, 4.69) is 15.3 Å². The zero-order valence-corrected chi connectivity index (χ0v) is 11.9. The van der Waals surface area contributed by atoms with Gasteiger partial charge in [0.1, 0.15) is 5.69 Å². The summed E-state index contributed by atoms with van der Waals surface area (Å²) < 4.78 is 26.4. The Bertz CT molecular complexity index is 882. The standard InChI is InChI=1S/C12H12N6O2S/c1-17-8-7-10(16-17)11-14-15-12(21(13,19)20)18(11)9-5-3-2-4-6-9/h2-8H,1H3,(H2,13,19,20). The molecular formula is C12H12N6O2S. The van der Waals surface area contributed by atoms with E-state index in [1.807, 2.05) is 6.07 Å². The predicted octanol–water partition coefficient (Wildman–Crippen LogP) is 0.315. The van der Waals surface area contributed by atoms with Gasteiger partial charge >= 0.3 is 0 Å². The van der Waals surface area contributed by atoms with Gasteiger partial charge in [-0.15, -0.1) is 10.2 Å². The molecule has 2 heterocycles. The van der Waals surface area contributed by atoms with E-state index in [4.69, 9.17) is 5.14 Å². The van der Waals surface area contributed by atoms with Crippen LogP contribution in [0.4, 0.5) is 0 Å². The molecule has 2 N–H and O–H groups in total. The number of nitrogens with zero attached hydrogens (tertiary/aromatic N) is 5. The maximum Gasteiger partial charge on any atom is 0.274 e. The molecule has 0 spiro atoms. The fourth-order valence-electron chi connectivity index (χ4n) is 1.96. The lowest BCUT2D eigenvalue weighted by Crippen LogP contribution is -2.18. The van der Waals surface area contributed by atoms with Gasteiger partial charge in [0.15, 0.2) is 5.82 Å². The maximum atomic E-state index is 11.7. The Labute approximate surface area is 120 Å². The van der Waals surface area contributed by atoms with Crippen LogP contribution in [0.1, 0.15) is 0 Å². The van der Waals surface area contributed by atoms with Crippen molar-refractivity contribution in [2.45, 2.75) is 5.16 Å². The third kappa shape index (κ3) is 2.43. The predicted molar refractivity (Wildman–Crippen MR) is 74.9 cm³/mol. The summed E-state index contributed by atoms with van der Waals surface area (Å²) in [6.45, 7) is 0. The Balaban J connectivity index is 2.30. The van der Waals surface area contributed by atoms with Crippen LogP contribution in [-0.4, -0.2) is 33.0 Å². The minimum atomic E-state index is -4.01. The number of nitrogens with two attached hydrogens (primary N) is 1. The van der Waals surface area contributed by atoms with Gasteiger partial charge in [0.25, 0.3) is 15.2 Å². The molecule has 0 aliphatic rings. The molecular weight excluding hydrogens is 292 g/mol. The van der Waals surface area contributed by atoms with Crippen LogP contribution >= 0.6 is 0 Å². The minimum absolute atomic E-state index is 0.311. The van der Waals surface area contributed by atoms with E-state index < -0.39 is 10.0 Å². The lowest BCUT2D eigenvalue weighted by molar-refractivity contribution is 0.585. The van der Waals surface area contributed by atoms with E-state index in [0.29, 0.717) is 17.2 Å². The molecule has 108 valence electrons. The number of benzene rings is 1. The third-order valence-corrected chi connectivity index (χ3v) is 3.62. The molecule has 8 nitrogen and oxygen atoms in total. The molecule has 3 rings (SSSR count). The first-order valence-electron chi connectivity index (χ1n) is 6.00. The van der Waals surface area contributed by atoms with Crippen molar-refractivity contribution in [3.8, 4) is 17.2 Å². The molecule has 0 bridgehead atoms. The van der Waals surface area contributed by atoms with Crippen molar-refractivity contribution < 1.29 is 8.42 Å². The van der Waals surface area contributed by atoms with E-state index >= 15 is 0 Å². The number of hydrogen-bond acceptors (Lipinski definition) is 5.